The first-order valence-corrected chi connectivity index (χ1v) is 9.59. The number of ether oxygens (including phenoxy) is 1. The van der Waals surface area contributed by atoms with Crippen LogP contribution in [0.25, 0.3) is 0 Å². The first kappa shape index (κ1) is 20.2. The van der Waals surface area contributed by atoms with Gasteiger partial charge in [-0.3, -0.25) is 14.5 Å². The van der Waals surface area contributed by atoms with Crippen LogP contribution in [-0.4, -0.2) is 60.9 Å². The van der Waals surface area contributed by atoms with E-state index in [1.54, 1.807) is 43.5 Å². The molecule has 1 heterocycles. The third-order valence-electron chi connectivity index (χ3n) is 4.98. The molecular weight excluding hydrogens is 378 g/mol. The summed E-state index contributed by atoms with van der Waals surface area (Å²) < 4.78 is 5.12. The lowest BCUT2D eigenvalue weighted by Crippen LogP contribution is -2.54. The van der Waals surface area contributed by atoms with Crippen molar-refractivity contribution in [3.63, 3.8) is 0 Å². The predicted octanol–water partition coefficient (Wildman–Crippen LogP) is 3.13. The van der Waals surface area contributed by atoms with Crippen molar-refractivity contribution in [2.45, 2.75) is 13.0 Å². The number of amides is 2. The summed E-state index contributed by atoms with van der Waals surface area (Å²) in [7, 11) is 1.60. The molecule has 0 aliphatic carbocycles. The van der Waals surface area contributed by atoms with Gasteiger partial charge in [0.25, 0.3) is 5.91 Å². The van der Waals surface area contributed by atoms with Crippen LogP contribution in [0, 0.1) is 0 Å². The molecule has 3 rings (SSSR count). The second kappa shape index (κ2) is 9.08. The highest BCUT2D eigenvalue weighted by molar-refractivity contribution is 6.30. The molecule has 6 nitrogen and oxygen atoms in total. The third-order valence-corrected chi connectivity index (χ3v) is 5.23. The number of hydrogen-bond acceptors (Lipinski definition) is 4. The Hall–Kier alpha value is -2.57. The van der Waals surface area contributed by atoms with Crippen molar-refractivity contribution in [2.24, 2.45) is 0 Å². The lowest BCUT2D eigenvalue weighted by atomic mass is 10.1. The highest BCUT2D eigenvalue weighted by atomic mass is 35.5. The zero-order valence-corrected chi connectivity index (χ0v) is 16.8. The summed E-state index contributed by atoms with van der Waals surface area (Å²) in [5.74, 6) is 0.668. The molecule has 0 spiro atoms. The number of nitrogens with one attached hydrogen (secondary N) is 1. The topological polar surface area (TPSA) is 61.9 Å². The van der Waals surface area contributed by atoms with Gasteiger partial charge in [0.1, 0.15) is 5.75 Å². The second-order valence-electron chi connectivity index (χ2n) is 6.73. The maximum absolute atomic E-state index is 12.6. The summed E-state index contributed by atoms with van der Waals surface area (Å²) in [6.07, 6.45) is 0. The van der Waals surface area contributed by atoms with Crippen molar-refractivity contribution in [2.75, 3.05) is 38.6 Å². The van der Waals surface area contributed by atoms with E-state index in [1.165, 1.54) is 0 Å². The molecule has 7 heteroatoms. The van der Waals surface area contributed by atoms with E-state index in [-0.39, 0.29) is 17.9 Å². The molecule has 1 atom stereocenters. The molecule has 1 unspecified atom stereocenters. The third kappa shape index (κ3) is 4.82. The number of carbonyl (C=O) groups is 2. The molecule has 0 aromatic heterocycles. The van der Waals surface area contributed by atoms with Crippen molar-refractivity contribution < 1.29 is 14.3 Å². The number of piperazine rings is 1. The molecule has 2 aromatic carbocycles. The standard InChI is InChI=1S/C21H24ClN3O3/c1-15(20(26)23-18-7-9-19(28-2)10-8-18)24-11-13-25(14-12-24)21(27)16-3-5-17(22)6-4-16/h3-10,15H,11-14H2,1-2H3,(H,23,26). The van der Waals surface area contributed by atoms with Gasteiger partial charge in [0.15, 0.2) is 0 Å². The van der Waals surface area contributed by atoms with Crippen LogP contribution in [0.4, 0.5) is 5.69 Å². The van der Waals surface area contributed by atoms with E-state index in [4.69, 9.17) is 16.3 Å². The van der Waals surface area contributed by atoms with Crippen LogP contribution in [0.5, 0.6) is 5.75 Å². The fraction of sp³-hybridized carbons (Fsp3) is 0.333. The van der Waals surface area contributed by atoms with Gasteiger partial charge in [-0.05, 0) is 55.5 Å². The molecule has 1 aliphatic heterocycles. The van der Waals surface area contributed by atoms with Gasteiger partial charge in [0.05, 0.1) is 13.2 Å². The molecule has 0 bridgehead atoms. The summed E-state index contributed by atoms with van der Waals surface area (Å²) in [5.41, 5.74) is 1.36. The van der Waals surface area contributed by atoms with Crippen LogP contribution in [0.3, 0.4) is 0 Å². The van der Waals surface area contributed by atoms with Crippen molar-refractivity contribution in [3.05, 3.63) is 59.1 Å². The second-order valence-corrected chi connectivity index (χ2v) is 7.17. The Labute approximate surface area is 170 Å². The largest absolute Gasteiger partial charge is 0.497 e. The molecule has 1 saturated heterocycles. The predicted molar refractivity (Wildman–Crippen MR) is 110 cm³/mol. The Morgan fingerprint density at radius 1 is 1.00 bits per heavy atom. The molecule has 1 N–H and O–H groups in total. The van der Waals surface area contributed by atoms with Crippen LogP contribution in [0.1, 0.15) is 17.3 Å². The average Bonchev–Trinajstić information content (AvgIpc) is 2.74. The van der Waals surface area contributed by atoms with Gasteiger partial charge in [-0.15, -0.1) is 0 Å². The lowest BCUT2D eigenvalue weighted by molar-refractivity contribution is -0.121. The maximum Gasteiger partial charge on any atom is 0.253 e. The zero-order chi connectivity index (χ0) is 20.1. The average molecular weight is 402 g/mol. The number of benzene rings is 2. The van der Waals surface area contributed by atoms with Crippen molar-refractivity contribution in [1.29, 1.82) is 0 Å². The minimum Gasteiger partial charge on any atom is -0.497 e. The first-order valence-electron chi connectivity index (χ1n) is 9.22. The molecule has 0 saturated carbocycles. The molecule has 2 amide bonds. The van der Waals surface area contributed by atoms with E-state index in [0.717, 1.165) is 11.4 Å². The number of rotatable bonds is 5. The van der Waals surface area contributed by atoms with Gasteiger partial charge in [0, 0.05) is 42.5 Å². The van der Waals surface area contributed by atoms with Gasteiger partial charge in [-0.2, -0.15) is 0 Å². The van der Waals surface area contributed by atoms with Crippen LogP contribution < -0.4 is 10.1 Å². The number of carbonyl (C=O) groups excluding carboxylic acids is 2. The summed E-state index contributed by atoms with van der Waals surface area (Å²) in [4.78, 5) is 29.0. The SMILES string of the molecule is COc1ccc(NC(=O)C(C)N2CCN(C(=O)c3ccc(Cl)cc3)CC2)cc1. The minimum absolute atomic E-state index is 0.00773. The summed E-state index contributed by atoms with van der Waals surface area (Å²) in [6.45, 7) is 4.35. The Morgan fingerprint density at radius 2 is 1.61 bits per heavy atom. The monoisotopic (exact) mass is 401 g/mol. The number of anilines is 1. The lowest BCUT2D eigenvalue weighted by Gasteiger charge is -2.37. The van der Waals surface area contributed by atoms with Crippen molar-refractivity contribution in [3.8, 4) is 5.75 Å². The van der Waals surface area contributed by atoms with E-state index in [1.807, 2.05) is 24.0 Å². The molecular formula is C21H24ClN3O3. The van der Waals surface area contributed by atoms with Gasteiger partial charge in [-0.1, -0.05) is 11.6 Å². The van der Waals surface area contributed by atoms with Gasteiger partial charge in [-0.25, -0.2) is 0 Å². The quantitative estimate of drug-likeness (QED) is 0.836. The minimum atomic E-state index is -0.283. The van der Waals surface area contributed by atoms with E-state index < -0.39 is 0 Å². The zero-order valence-electron chi connectivity index (χ0n) is 16.0. The summed E-state index contributed by atoms with van der Waals surface area (Å²) >= 11 is 5.88. The van der Waals surface area contributed by atoms with E-state index in [0.29, 0.717) is 36.8 Å². The number of hydrogen-bond donors (Lipinski definition) is 1. The molecule has 0 radical (unpaired) electrons. The molecule has 2 aromatic rings. The Kier molecular flexibility index (Phi) is 6.54. The van der Waals surface area contributed by atoms with Gasteiger partial charge < -0.3 is 15.0 Å². The highest BCUT2D eigenvalue weighted by Gasteiger charge is 2.28. The normalized spacial score (nSPS) is 15.8. The van der Waals surface area contributed by atoms with E-state index in [2.05, 4.69) is 10.2 Å². The van der Waals surface area contributed by atoms with Gasteiger partial charge in [0.2, 0.25) is 5.91 Å². The Balaban J connectivity index is 1.52. The molecule has 1 aliphatic rings. The number of halogens is 1. The van der Waals surface area contributed by atoms with Crippen molar-refractivity contribution in [1.82, 2.24) is 9.80 Å². The van der Waals surface area contributed by atoms with Crippen molar-refractivity contribution >= 4 is 29.1 Å². The van der Waals surface area contributed by atoms with Gasteiger partial charge >= 0.3 is 0 Å². The smallest absolute Gasteiger partial charge is 0.253 e. The molecule has 148 valence electrons. The van der Waals surface area contributed by atoms with E-state index >= 15 is 0 Å². The number of methoxy groups -OCH3 is 1. The highest BCUT2D eigenvalue weighted by Crippen LogP contribution is 2.17. The van der Waals surface area contributed by atoms with Crippen LogP contribution in [0.15, 0.2) is 48.5 Å². The van der Waals surface area contributed by atoms with E-state index in [9.17, 15) is 9.59 Å². The fourth-order valence-corrected chi connectivity index (χ4v) is 3.30. The number of nitrogens with zero attached hydrogens (tertiary/aromatic N) is 2. The molecule has 1 fully saturated rings. The Morgan fingerprint density at radius 3 is 2.18 bits per heavy atom. The summed E-state index contributed by atoms with van der Waals surface area (Å²) in [5, 5.41) is 3.54. The van der Waals surface area contributed by atoms with Crippen LogP contribution >= 0.6 is 11.6 Å². The first-order chi connectivity index (χ1) is 13.5. The molecule has 28 heavy (non-hydrogen) atoms. The summed E-state index contributed by atoms with van der Waals surface area (Å²) in [6, 6.07) is 13.9. The fourth-order valence-electron chi connectivity index (χ4n) is 3.17. The van der Waals surface area contributed by atoms with Crippen LogP contribution in [-0.2, 0) is 4.79 Å². The van der Waals surface area contributed by atoms with Crippen LogP contribution in [0.2, 0.25) is 5.02 Å². The Bertz CT molecular complexity index is 816. The maximum atomic E-state index is 12.6.